The zero-order chi connectivity index (χ0) is 12.7. The van der Waals surface area contributed by atoms with Gasteiger partial charge in [0, 0.05) is 6.42 Å². The maximum absolute atomic E-state index is 11.5. The number of carbonyl (C=O) groups excluding carboxylic acids is 1. The van der Waals surface area contributed by atoms with Crippen molar-refractivity contribution in [2.75, 3.05) is 0 Å². The molecule has 1 N–H and O–H groups in total. The maximum atomic E-state index is 11.5. The van der Waals surface area contributed by atoms with E-state index in [0.717, 1.165) is 31.2 Å². The zero-order valence-electron chi connectivity index (χ0n) is 10.5. The van der Waals surface area contributed by atoms with E-state index in [4.69, 9.17) is 4.74 Å². The maximum Gasteiger partial charge on any atom is 0.311 e. The van der Waals surface area contributed by atoms with Crippen molar-refractivity contribution in [3.05, 3.63) is 23.8 Å². The molecule has 0 atom stereocenters. The Labute approximate surface area is 102 Å². The first kappa shape index (κ1) is 13.6. The Morgan fingerprint density at radius 3 is 2.71 bits per heavy atom. The molecular weight excluding hydrogens is 216 g/mol. The fraction of sp³-hybridized carbons (Fsp3) is 0.500. The van der Waals surface area contributed by atoms with Crippen molar-refractivity contribution in [1.29, 1.82) is 0 Å². The molecule has 0 bridgehead atoms. The number of phenolic OH excluding ortho intramolecular Hbond substituents is 1. The number of hydrogen-bond donors (Lipinski definition) is 1. The molecule has 0 unspecified atom stereocenters. The Morgan fingerprint density at radius 2 is 2.06 bits per heavy atom. The number of carbonyl (C=O) groups is 1. The molecule has 0 aliphatic carbocycles. The van der Waals surface area contributed by atoms with Crippen LogP contribution in [-0.4, -0.2) is 11.1 Å². The molecule has 0 amide bonds. The summed E-state index contributed by atoms with van der Waals surface area (Å²) < 4.78 is 5.17. The van der Waals surface area contributed by atoms with Crippen LogP contribution < -0.4 is 4.74 Å². The highest BCUT2D eigenvalue weighted by molar-refractivity contribution is 5.73. The number of rotatable bonds is 6. The van der Waals surface area contributed by atoms with Gasteiger partial charge in [-0.05, 0) is 25.0 Å². The Morgan fingerprint density at radius 1 is 1.29 bits per heavy atom. The van der Waals surface area contributed by atoms with Gasteiger partial charge in [-0.25, -0.2) is 0 Å². The number of unbranched alkanes of at least 4 members (excludes halogenated alkanes) is 3. The molecule has 1 rings (SSSR count). The topological polar surface area (TPSA) is 46.5 Å². The van der Waals surface area contributed by atoms with Crippen LogP contribution in [0.3, 0.4) is 0 Å². The molecule has 0 spiro atoms. The van der Waals surface area contributed by atoms with Crippen LogP contribution in [0.15, 0.2) is 18.2 Å². The minimum absolute atomic E-state index is 0.0203. The molecule has 0 aromatic heterocycles. The van der Waals surface area contributed by atoms with Gasteiger partial charge in [-0.15, -0.1) is 0 Å². The van der Waals surface area contributed by atoms with Crippen molar-refractivity contribution >= 4 is 5.97 Å². The fourth-order valence-corrected chi connectivity index (χ4v) is 1.63. The number of hydrogen-bond acceptors (Lipinski definition) is 3. The Kier molecular flexibility index (Phi) is 5.53. The summed E-state index contributed by atoms with van der Waals surface area (Å²) in [5, 5.41) is 9.57. The van der Waals surface area contributed by atoms with Crippen LogP contribution in [0.2, 0.25) is 0 Å². The summed E-state index contributed by atoms with van der Waals surface area (Å²) in [4.78, 5) is 11.5. The van der Waals surface area contributed by atoms with Gasteiger partial charge in [-0.2, -0.15) is 0 Å². The molecule has 0 saturated carbocycles. The minimum atomic E-state index is -0.272. The van der Waals surface area contributed by atoms with Gasteiger partial charge in [0.05, 0.1) is 0 Å². The van der Waals surface area contributed by atoms with Gasteiger partial charge in [0.25, 0.3) is 0 Å². The van der Waals surface area contributed by atoms with Gasteiger partial charge >= 0.3 is 5.97 Å². The standard InChI is InChI=1S/C14H20O3/c1-3-4-5-6-10-13(16)17-14-11(2)8-7-9-12(14)15/h7-9,15H,3-6,10H2,1-2H3. The second kappa shape index (κ2) is 6.94. The first-order valence-electron chi connectivity index (χ1n) is 6.14. The van der Waals surface area contributed by atoms with Crippen LogP contribution in [-0.2, 0) is 4.79 Å². The first-order chi connectivity index (χ1) is 8.15. The highest BCUT2D eigenvalue weighted by Gasteiger charge is 2.10. The second-order valence-electron chi connectivity index (χ2n) is 4.21. The van der Waals surface area contributed by atoms with Crippen molar-refractivity contribution in [2.45, 2.75) is 46.0 Å². The van der Waals surface area contributed by atoms with Crippen molar-refractivity contribution in [1.82, 2.24) is 0 Å². The highest BCUT2D eigenvalue weighted by atomic mass is 16.5. The van der Waals surface area contributed by atoms with Gasteiger partial charge in [-0.3, -0.25) is 4.79 Å². The third-order valence-corrected chi connectivity index (χ3v) is 2.64. The molecule has 0 aliphatic rings. The Bertz CT molecular complexity index is 351. The van der Waals surface area contributed by atoms with E-state index in [1.807, 2.05) is 0 Å². The normalized spacial score (nSPS) is 10.2. The zero-order valence-corrected chi connectivity index (χ0v) is 10.5. The molecule has 17 heavy (non-hydrogen) atoms. The molecule has 1 aromatic rings. The van der Waals surface area contributed by atoms with Crippen LogP contribution in [0.5, 0.6) is 11.5 Å². The number of esters is 1. The third-order valence-electron chi connectivity index (χ3n) is 2.64. The number of aromatic hydroxyl groups is 1. The van der Waals surface area contributed by atoms with Gasteiger partial charge in [0.1, 0.15) is 0 Å². The SMILES string of the molecule is CCCCCCC(=O)Oc1c(C)cccc1O. The molecule has 1 aromatic carbocycles. The third kappa shape index (κ3) is 4.47. The number of aryl methyl sites for hydroxylation is 1. The second-order valence-corrected chi connectivity index (χ2v) is 4.21. The van der Waals surface area contributed by atoms with Crippen molar-refractivity contribution < 1.29 is 14.6 Å². The predicted octanol–water partition coefficient (Wildman–Crippen LogP) is 3.58. The van der Waals surface area contributed by atoms with E-state index in [0.29, 0.717) is 6.42 Å². The number of benzene rings is 1. The van der Waals surface area contributed by atoms with Gasteiger partial charge in [0.2, 0.25) is 0 Å². The van der Waals surface area contributed by atoms with E-state index in [-0.39, 0.29) is 17.5 Å². The quantitative estimate of drug-likeness (QED) is 0.466. The summed E-state index contributed by atoms with van der Waals surface area (Å²) >= 11 is 0. The van der Waals surface area contributed by atoms with Crippen LogP contribution >= 0.6 is 0 Å². The first-order valence-corrected chi connectivity index (χ1v) is 6.14. The van der Waals surface area contributed by atoms with E-state index in [1.54, 1.807) is 19.1 Å². The molecule has 0 radical (unpaired) electrons. The van der Waals surface area contributed by atoms with Crippen LogP contribution in [0.25, 0.3) is 0 Å². The van der Waals surface area contributed by atoms with E-state index >= 15 is 0 Å². The van der Waals surface area contributed by atoms with Gasteiger partial charge in [-0.1, -0.05) is 38.3 Å². The molecule has 0 fully saturated rings. The monoisotopic (exact) mass is 236 g/mol. The average molecular weight is 236 g/mol. The van der Waals surface area contributed by atoms with Crippen molar-refractivity contribution in [2.24, 2.45) is 0 Å². The number of ether oxygens (including phenoxy) is 1. The lowest BCUT2D eigenvalue weighted by atomic mass is 10.1. The van der Waals surface area contributed by atoms with E-state index in [1.165, 1.54) is 6.07 Å². The van der Waals surface area contributed by atoms with Crippen molar-refractivity contribution in [3.8, 4) is 11.5 Å². The molecule has 0 heterocycles. The van der Waals surface area contributed by atoms with Crippen LogP contribution in [0.4, 0.5) is 0 Å². The van der Waals surface area contributed by atoms with E-state index in [2.05, 4.69) is 6.92 Å². The summed E-state index contributed by atoms with van der Waals surface area (Å²) in [7, 11) is 0. The smallest absolute Gasteiger partial charge is 0.311 e. The lowest BCUT2D eigenvalue weighted by Gasteiger charge is -2.08. The fourth-order valence-electron chi connectivity index (χ4n) is 1.63. The molecule has 3 nitrogen and oxygen atoms in total. The van der Waals surface area contributed by atoms with Gasteiger partial charge in [0.15, 0.2) is 11.5 Å². The molecule has 3 heteroatoms. The molecule has 0 saturated heterocycles. The van der Waals surface area contributed by atoms with Crippen molar-refractivity contribution in [3.63, 3.8) is 0 Å². The number of phenols is 1. The van der Waals surface area contributed by atoms with Crippen LogP contribution in [0, 0.1) is 6.92 Å². The summed E-state index contributed by atoms with van der Waals surface area (Å²) in [6, 6.07) is 5.05. The number of para-hydroxylation sites is 1. The molecule has 94 valence electrons. The Balaban J connectivity index is 2.45. The lowest BCUT2D eigenvalue weighted by molar-refractivity contribution is -0.134. The summed E-state index contributed by atoms with van der Waals surface area (Å²) in [6.45, 7) is 3.93. The van der Waals surface area contributed by atoms with Crippen LogP contribution in [0.1, 0.15) is 44.6 Å². The Hall–Kier alpha value is -1.51. The average Bonchev–Trinajstić information content (AvgIpc) is 2.30. The minimum Gasteiger partial charge on any atom is -0.504 e. The molecule has 0 aliphatic heterocycles. The summed E-state index contributed by atoms with van der Waals surface area (Å²) in [6.07, 6.45) is 4.59. The predicted molar refractivity (Wildman–Crippen MR) is 67.2 cm³/mol. The largest absolute Gasteiger partial charge is 0.504 e. The summed E-state index contributed by atoms with van der Waals surface area (Å²) in [5.41, 5.74) is 0.770. The lowest BCUT2D eigenvalue weighted by Crippen LogP contribution is -2.08. The molecular formula is C14H20O3. The summed E-state index contributed by atoms with van der Waals surface area (Å²) in [5.74, 6) is 0.0330. The van der Waals surface area contributed by atoms with Gasteiger partial charge < -0.3 is 9.84 Å². The van der Waals surface area contributed by atoms with E-state index in [9.17, 15) is 9.90 Å². The van der Waals surface area contributed by atoms with E-state index < -0.39 is 0 Å². The highest BCUT2D eigenvalue weighted by Crippen LogP contribution is 2.29.